The highest BCUT2D eigenvalue weighted by molar-refractivity contribution is 7.89. The van der Waals surface area contributed by atoms with E-state index in [-0.39, 0.29) is 10.9 Å². The largest absolute Gasteiger partial charge is 0.491 e. The highest BCUT2D eigenvalue weighted by Crippen LogP contribution is 2.22. The summed E-state index contributed by atoms with van der Waals surface area (Å²) >= 11 is 0. The Bertz CT molecular complexity index is 599. The first-order valence-corrected chi connectivity index (χ1v) is 8.04. The van der Waals surface area contributed by atoms with E-state index >= 15 is 0 Å². The molecule has 0 aliphatic carbocycles. The highest BCUT2D eigenvalue weighted by atomic mass is 32.2. The molecule has 21 heavy (non-hydrogen) atoms. The molecule has 0 radical (unpaired) electrons. The Hall–Kier alpha value is -1.80. The molecule has 0 aliphatic rings. The molecule has 0 aromatic heterocycles. The number of hydrogen-bond acceptors (Lipinski definition) is 4. The number of amides is 2. The highest BCUT2D eigenvalue weighted by Gasteiger charge is 2.11. The third-order valence-electron chi connectivity index (χ3n) is 2.78. The van der Waals surface area contributed by atoms with Gasteiger partial charge in [-0.05, 0) is 30.2 Å². The number of rotatable bonds is 6. The number of ether oxygens (including phenoxy) is 1. The predicted octanol–water partition coefficient (Wildman–Crippen LogP) is 0.546. The zero-order chi connectivity index (χ0) is 16.0. The number of primary sulfonamides is 1. The Morgan fingerprint density at radius 3 is 2.57 bits per heavy atom. The standard InChI is InChI=1S/C13H21N3O4S/c1-4-10-9-11(21(14,18)19)5-6-12(10)20-8-7-15-13(17)16(2)3/h5-6,9H,4,7-8H2,1-3H3,(H,15,17)(H2,14,18,19). The van der Waals surface area contributed by atoms with E-state index in [0.717, 1.165) is 5.56 Å². The smallest absolute Gasteiger partial charge is 0.316 e. The molecule has 1 aromatic carbocycles. The lowest BCUT2D eigenvalue weighted by Crippen LogP contribution is -2.36. The van der Waals surface area contributed by atoms with Crippen molar-refractivity contribution in [2.75, 3.05) is 27.2 Å². The van der Waals surface area contributed by atoms with Gasteiger partial charge in [0.15, 0.2) is 0 Å². The molecule has 0 spiro atoms. The summed E-state index contributed by atoms with van der Waals surface area (Å²) in [6.45, 7) is 2.54. The second kappa shape index (κ2) is 7.28. The number of carbonyl (C=O) groups is 1. The molecule has 1 aromatic rings. The van der Waals surface area contributed by atoms with Crippen molar-refractivity contribution in [2.24, 2.45) is 5.14 Å². The van der Waals surface area contributed by atoms with Crippen LogP contribution < -0.4 is 15.2 Å². The fraction of sp³-hybridized carbons (Fsp3) is 0.462. The molecule has 0 unspecified atom stereocenters. The minimum Gasteiger partial charge on any atom is -0.491 e. The fourth-order valence-corrected chi connectivity index (χ4v) is 2.19. The predicted molar refractivity (Wildman–Crippen MR) is 79.8 cm³/mol. The van der Waals surface area contributed by atoms with Gasteiger partial charge in [-0.1, -0.05) is 6.92 Å². The molecule has 118 valence electrons. The van der Waals surface area contributed by atoms with Crippen molar-refractivity contribution in [3.8, 4) is 5.75 Å². The molecule has 2 amide bonds. The maximum absolute atomic E-state index is 11.3. The summed E-state index contributed by atoms with van der Waals surface area (Å²) in [4.78, 5) is 12.8. The molecule has 0 saturated heterocycles. The zero-order valence-electron chi connectivity index (χ0n) is 12.4. The first-order chi connectivity index (χ1) is 9.75. The van der Waals surface area contributed by atoms with E-state index in [1.807, 2.05) is 6.92 Å². The Kier molecular flexibility index (Phi) is 5.98. The summed E-state index contributed by atoms with van der Waals surface area (Å²) in [7, 11) is -0.416. The van der Waals surface area contributed by atoms with Crippen LogP contribution in [0.25, 0.3) is 0 Å². The first kappa shape index (κ1) is 17.3. The number of benzene rings is 1. The molecule has 7 nitrogen and oxygen atoms in total. The average molecular weight is 315 g/mol. The number of sulfonamides is 1. The van der Waals surface area contributed by atoms with Crippen LogP contribution in [0.15, 0.2) is 23.1 Å². The summed E-state index contributed by atoms with van der Waals surface area (Å²) in [5, 5.41) is 7.76. The number of aryl methyl sites for hydroxylation is 1. The van der Waals surface area contributed by atoms with E-state index in [1.165, 1.54) is 17.0 Å². The molecular formula is C13H21N3O4S. The van der Waals surface area contributed by atoms with Crippen LogP contribution in [0.3, 0.4) is 0 Å². The summed E-state index contributed by atoms with van der Waals surface area (Å²) in [6.07, 6.45) is 0.614. The maximum atomic E-state index is 11.3. The number of urea groups is 1. The second-order valence-electron chi connectivity index (χ2n) is 4.64. The van der Waals surface area contributed by atoms with Crippen molar-refractivity contribution in [3.05, 3.63) is 23.8 Å². The Balaban J connectivity index is 2.66. The van der Waals surface area contributed by atoms with Gasteiger partial charge in [-0.3, -0.25) is 0 Å². The van der Waals surface area contributed by atoms with Crippen LogP contribution in [-0.2, 0) is 16.4 Å². The van der Waals surface area contributed by atoms with Crippen LogP contribution in [0.5, 0.6) is 5.75 Å². The number of carbonyl (C=O) groups excluding carboxylic acids is 1. The topological polar surface area (TPSA) is 102 Å². The number of nitrogens with zero attached hydrogens (tertiary/aromatic N) is 1. The van der Waals surface area contributed by atoms with Crippen LogP contribution in [0.2, 0.25) is 0 Å². The minimum atomic E-state index is -3.72. The third-order valence-corrected chi connectivity index (χ3v) is 3.69. The third kappa shape index (κ3) is 5.24. The normalized spacial score (nSPS) is 11.0. The van der Waals surface area contributed by atoms with Crippen molar-refractivity contribution in [3.63, 3.8) is 0 Å². The minimum absolute atomic E-state index is 0.0626. The number of nitrogens with one attached hydrogen (secondary N) is 1. The summed E-state index contributed by atoms with van der Waals surface area (Å²) in [5.74, 6) is 0.587. The molecule has 0 heterocycles. The van der Waals surface area contributed by atoms with E-state index < -0.39 is 10.0 Å². The fourth-order valence-electron chi connectivity index (χ4n) is 1.63. The average Bonchev–Trinajstić information content (AvgIpc) is 2.42. The number of nitrogens with two attached hydrogens (primary N) is 1. The molecule has 0 saturated carbocycles. The van der Waals surface area contributed by atoms with Gasteiger partial charge >= 0.3 is 6.03 Å². The lowest BCUT2D eigenvalue weighted by atomic mass is 10.1. The quantitative estimate of drug-likeness (QED) is 0.748. The van der Waals surface area contributed by atoms with Crippen LogP contribution in [0.4, 0.5) is 4.79 Å². The van der Waals surface area contributed by atoms with Gasteiger partial charge in [0.1, 0.15) is 12.4 Å². The van der Waals surface area contributed by atoms with Gasteiger partial charge in [0.25, 0.3) is 0 Å². The summed E-state index contributed by atoms with van der Waals surface area (Å²) in [6, 6.07) is 4.29. The van der Waals surface area contributed by atoms with Crippen molar-refractivity contribution in [1.82, 2.24) is 10.2 Å². The van der Waals surface area contributed by atoms with Gasteiger partial charge in [0.05, 0.1) is 11.4 Å². The van der Waals surface area contributed by atoms with E-state index in [1.54, 1.807) is 20.2 Å². The second-order valence-corrected chi connectivity index (χ2v) is 6.20. The summed E-state index contributed by atoms with van der Waals surface area (Å²) in [5.41, 5.74) is 0.750. The van der Waals surface area contributed by atoms with Gasteiger partial charge in [-0.2, -0.15) is 0 Å². The Morgan fingerprint density at radius 2 is 2.05 bits per heavy atom. The van der Waals surface area contributed by atoms with E-state index in [9.17, 15) is 13.2 Å². The monoisotopic (exact) mass is 315 g/mol. The molecule has 0 aliphatic heterocycles. The first-order valence-electron chi connectivity index (χ1n) is 6.49. The Labute approximate surface area is 125 Å². The lowest BCUT2D eigenvalue weighted by molar-refractivity contribution is 0.213. The van der Waals surface area contributed by atoms with E-state index in [0.29, 0.717) is 25.3 Å². The lowest BCUT2D eigenvalue weighted by Gasteiger charge is -2.14. The SMILES string of the molecule is CCc1cc(S(N)(=O)=O)ccc1OCCNC(=O)N(C)C. The van der Waals surface area contributed by atoms with E-state index in [4.69, 9.17) is 9.88 Å². The van der Waals surface area contributed by atoms with Gasteiger partial charge in [0, 0.05) is 14.1 Å². The molecule has 0 fully saturated rings. The van der Waals surface area contributed by atoms with Gasteiger partial charge in [-0.15, -0.1) is 0 Å². The van der Waals surface area contributed by atoms with Crippen LogP contribution in [-0.4, -0.2) is 46.6 Å². The van der Waals surface area contributed by atoms with Crippen molar-refractivity contribution >= 4 is 16.1 Å². The molecule has 0 atom stereocenters. The molecule has 8 heteroatoms. The molecule has 1 rings (SSSR count). The van der Waals surface area contributed by atoms with Crippen LogP contribution in [0, 0.1) is 0 Å². The number of hydrogen-bond donors (Lipinski definition) is 2. The maximum Gasteiger partial charge on any atom is 0.316 e. The van der Waals surface area contributed by atoms with Crippen molar-refractivity contribution in [2.45, 2.75) is 18.2 Å². The van der Waals surface area contributed by atoms with Crippen LogP contribution >= 0.6 is 0 Å². The van der Waals surface area contributed by atoms with Crippen molar-refractivity contribution < 1.29 is 17.9 Å². The van der Waals surface area contributed by atoms with Gasteiger partial charge < -0.3 is 15.0 Å². The Morgan fingerprint density at radius 1 is 1.38 bits per heavy atom. The van der Waals surface area contributed by atoms with Gasteiger partial charge in [-0.25, -0.2) is 18.4 Å². The van der Waals surface area contributed by atoms with Crippen molar-refractivity contribution in [1.29, 1.82) is 0 Å². The summed E-state index contributed by atoms with van der Waals surface area (Å²) < 4.78 is 28.1. The van der Waals surface area contributed by atoms with Crippen LogP contribution in [0.1, 0.15) is 12.5 Å². The van der Waals surface area contributed by atoms with Gasteiger partial charge in [0.2, 0.25) is 10.0 Å². The molecule has 3 N–H and O–H groups in total. The zero-order valence-corrected chi connectivity index (χ0v) is 13.2. The molecule has 0 bridgehead atoms. The van der Waals surface area contributed by atoms with E-state index in [2.05, 4.69) is 5.32 Å². The molecular weight excluding hydrogens is 294 g/mol.